The van der Waals surface area contributed by atoms with Crippen LogP contribution in [0.2, 0.25) is 0 Å². The van der Waals surface area contributed by atoms with Gasteiger partial charge in [0.1, 0.15) is 5.75 Å². The van der Waals surface area contributed by atoms with Gasteiger partial charge in [-0.3, -0.25) is 9.69 Å². The molecule has 1 fully saturated rings. The summed E-state index contributed by atoms with van der Waals surface area (Å²) in [6.07, 6.45) is 2.28. The molecule has 1 aliphatic rings. The van der Waals surface area contributed by atoms with Gasteiger partial charge in [-0.1, -0.05) is 23.8 Å². The maximum atomic E-state index is 12.1. The van der Waals surface area contributed by atoms with Crippen LogP contribution in [-0.4, -0.2) is 37.0 Å². The highest BCUT2D eigenvalue weighted by Crippen LogP contribution is 2.20. The zero-order valence-electron chi connectivity index (χ0n) is 15.7. The van der Waals surface area contributed by atoms with Gasteiger partial charge in [0.05, 0.1) is 0 Å². The molecular weight excluding hydrogens is 344 g/mol. The lowest BCUT2D eigenvalue weighted by Crippen LogP contribution is -2.39. The number of thiophene rings is 1. The van der Waals surface area contributed by atoms with Gasteiger partial charge in [-0.15, -0.1) is 11.3 Å². The Morgan fingerprint density at radius 2 is 2.08 bits per heavy atom. The van der Waals surface area contributed by atoms with Gasteiger partial charge in [0.15, 0.2) is 6.61 Å². The molecule has 0 unspecified atom stereocenters. The summed E-state index contributed by atoms with van der Waals surface area (Å²) < 4.78 is 5.65. The van der Waals surface area contributed by atoms with E-state index in [1.807, 2.05) is 30.4 Å². The summed E-state index contributed by atoms with van der Waals surface area (Å²) in [6, 6.07) is 10.3. The number of nitrogens with one attached hydrogen (secondary N) is 1. The predicted octanol–water partition coefficient (Wildman–Crippen LogP) is 3.77. The van der Waals surface area contributed by atoms with Gasteiger partial charge in [-0.25, -0.2) is 0 Å². The van der Waals surface area contributed by atoms with E-state index in [9.17, 15) is 4.79 Å². The second-order valence-electron chi connectivity index (χ2n) is 7.16. The Morgan fingerprint density at radius 1 is 1.27 bits per heavy atom. The minimum Gasteiger partial charge on any atom is -0.484 e. The molecule has 26 heavy (non-hydrogen) atoms. The number of hydrogen-bond acceptors (Lipinski definition) is 4. The fourth-order valence-corrected chi connectivity index (χ4v) is 4.13. The number of piperidine rings is 1. The standard InChI is InChI=1S/C21H28N2O2S/c1-16-5-6-20(17(2)12-16)25-15-21(24)22-13-18-7-9-23(10-8-18)14-19-4-3-11-26-19/h3-6,11-12,18H,7-10,13-15H2,1-2H3,(H,22,24). The molecule has 2 heterocycles. The van der Waals surface area contributed by atoms with Crippen molar-refractivity contribution < 1.29 is 9.53 Å². The third-order valence-corrected chi connectivity index (χ3v) is 5.80. The van der Waals surface area contributed by atoms with E-state index >= 15 is 0 Å². The number of amides is 1. The minimum atomic E-state index is -0.0361. The van der Waals surface area contributed by atoms with Crippen LogP contribution in [-0.2, 0) is 11.3 Å². The van der Waals surface area contributed by atoms with Crippen molar-refractivity contribution in [3.05, 3.63) is 51.7 Å². The monoisotopic (exact) mass is 372 g/mol. The molecule has 140 valence electrons. The van der Waals surface area contributed by atoms with Gasteiger partial charge >= 0.3 is 0 Å². The molecule has 1 N–H and O–H groups in total. The molecule has 3 rings (SSSR count). The van der Waals surface area contributed by atoms with E-state index in [4.69, 9.17) is 4.74 Å². The number of hydrogen-bond donors (Lipinski definition) is 1. The normalized spacial score (nSPS) is 15.8. The SMILES string of the molecule is Cc1ccc(OCC(=O)NCC2CCN(Cc3cccs3)CC2)c(C)c1. The van der Waals surface area contributed by atoms with E-state index in [2.05, 4.69) is 40.7 Å². The van der Waals surface area contributed by atoms with Crippen LogP contribution in [0.4, 0.5) is 0 Å². The van der Waals surface area contributed by atoms with Crippen LogP contribution < -0.4 is 10.1 Å². The average Bonchev–Trinajstić information content (AvgIpc) is 3.13. The molecule has 2 aromatic rings. The number of likely N-dealkylation sites (tertiary alicyclic amines) is 1. The van der Waals surface area contributed by atoms with Crippen molar-refractivity contribution in [2.24, 2.45) is 5.92 Å². The maximum Gasteiger partial charge on any atom is 0.257 e. The van der Waals surface area contributed by atoms with Gasteiger partial charge < -0.3 is 10.1 Å². The second kappa shape index (κ2) is 9.19. The van der Waals surface area contributed by atoms with E-state index in [1.165, 1.54) is 10.4 Å². The first kappa shape index (κ1) is 18.9. The number of rotatable bonds is 7. The fourth-order valence-electron chi connectivity index (χ4n) is 3.39. The van der Waals surface area contributed by atoms with Gasteiger partial charge in [-0.2, -0.15) is 0 Å². The van der Waals surface area contributed by atoms with Crippen LogP contribution in [0.3, 0.4) is 0 Å². The quantitative estimate of drug-likeness (QED) is 0.804. The summed E-state index contributed by atoms with van der Waals surface area (Å²) in [5.41, 5.74) is 2.26. The van der Waals surface area contributed by atoms with E-state index in [1.54, 1.807) is 0 Å². The topological polar surface area (TPSA) is 41.6 Å². The van der Waals surface area contributed by atoms with Gasteiger partial charge in [0.25, 0.3) is 5.91 Å². The number of ether oxygens (including phenoxy) is 1. The van der Waals surface area contributed by atoms with Gasteiger partial charge in [0.2, 0.25) is 0 Å². The van der Waals surface area contributed by atoms with Crippen molar-refractivity contribution in [3.63, 3.8) is 0 Å². The molecule has 1 aliphatic heterocycles. The lowest BCUT2D eigenvalue weighted by molar-refractivity contribution is -0.123. The Kier molecular flexibility index (Phi) is 6.69. The van der Waals surface area contributed by atoms with Gasteiger partial charge in [0, 0.05) is 18.0 Å². The first-order valence-corrected chi connectivity index (χ1v) is 10.2. The van der Waals surface area contributed by atoms with Gasteiger partial charge in [-0.05, 0) is 68.8 Å². The molecule has 0 aliphatic carbocycles. The molecule has 0 bridgehead atoms. The summed E-state index contributed by atoms with van der Waals surface area (Å²) in [5, 5.41) is 5.17. The molecule has 0 spiro atoms. The number of carbonyl (C=O) groups is 1. The van der Waals surface area contributed by atoms with E-state index in [-0.39, 0.29) is 12.5 Å². The number of carbonyl (C=O) groups excluding carboxylic acids is 1. The lowest BCUT2D eigenvalue weighted by atomic mass is 9.97. The van der Waals surface area contributed by atoms with Crippen molar-refractivity contribution >= 4 is 17.2 Å². The summed E-state index contributed by atoms with van der Waals surface area (Å²) in [4.78, 5) is 16.0. The van der Waals surface area contributed by atoms with Crippen molar-refractivity contribution in [2.45, 2.75) is 33.2 Å². The molecule has 0 atom stereocenters. The predicted molar refractivity (Wildman–Crippen MR) is 107 cm³/mol. The smallest absolute Gasteiger partial charge is 0.257 e. The number of aryl methyl sites for hydroxylation is 2. The Hall–Kier alpha value is -1.85. The van der Waals surface area contributed by atoms with Crippen LogP contribution in [0.15, 0.2) is 35.7 Å². The Labute approximate surface area is 160 Å². The molecular formula is C21H28N2O2S. The average molecular weight is 373 g/mol. The zero-order chi connectivity index (χ0) is 18.4. The number of nitrogens with zero attached hydrogens (tertiary/aromatic N) is 1. The third kappa shape index (κ3) is 5.58. The molecule has 4 nitrogen and oxygen atoms in total. The lowest BCUT2D eigenvalue weighted by Gasteiger charge is -2.31. The van der Waals surface area contributed by atoms with Crippen LogP contribution in [0.25, 0.3) is 0 Å². The summed E-state index contributed by atoms with van der Waals surface area (Å²) in [7, 11) is 0. The van der Waals surface area contributed by atoms with Crippen molar-refractivity contribution in [2.75, 3.05) is 26.2 Å². The highest BCUT2D eigenvalue weighted by atomic mass is 32.1. The van der Waals surface area contributed by atoms with Crippen LogP contribution in [0.1, 0.15) is 28.8 Å². The van der Waals surface area contributed by atoms with E-state index in [0.29, 0.717) is 5.92 Å². The second-order valence-corrected chi connectivity index (χ2v) is 8.19. The fraction of sp³-hybridized carbons (Fsp3) is 0.476. The molecule has 5 heteroatoms. The van der Waals surface area contributed by atoms with Crippen molar-refractivity contribution in [3.8, 4) is 5.75 Å². The molecule has 0 radical (unpaired) electrons. The van der Waals surface area contributed by atoms with E-state index in [0.717, 1.165) is 50.3 Å². The third-order valence-electron chi connectivity index (χ3n) is 4.94. The highest BCUT2D eigenvalue weighted by molar-refractivity contribution is 7.09. The van der Waals surface area contributed by atoms with Crippen LogP contribution >= 0.6 is 11.3 Å². The molecule has 0 saturated carbocycles. The summed E-state index contributed by atoms with van der Waals surface area (Å²) >= 11 is 1.82. The highest BCUT2D eigenvalue weighted by Gasteiger charge is 2.20. The molecule has 1 saturated heterocycles. The molecule has 1 amide bonds. The Morgan fingerprint density at radius 3 is 2.77 bits per heavy atom. The Bertz CT molecular complexity index is 707. The largest absolute Gasteiger partial charge is 0.484 e. The minimum absolute atomic E-state index is 0.0361. The summed E-state index contributed by atoms with van der Waals surface area (Å²) in [6.45, 7) is 8.16. The first-order chi connectivity index (χ1) is 12.6. The van der Waals surface area contributed by atoms with Crippen molar-refractivity contribution in [1.82, 2.24) is 10.2 Å². The molecule has 1 aromatic heterocycles. The Balaban J connectivity index is 1.33. The number of benzene rings is 1. The first-order valence-electron chi connectivity index (χ1n) is 9.31. The zero-order valence-corrected chi connectivity index (χ0v) is 16.5. The molecule has 1 aromatic carbocycles. The van der Waals surface area contributed by atoms with Crippen LogP contribution in [0.5, 0.6) is 5.75 Å². The van der Waals surface area contributed by atoms with Crippen LogP contribution in [0, 0.1) is 19.8 Å². The van der Waals surface area contributed by atoms with Crippen molar-refractivity contribution in [1.29, 1.82) is 0 Å². The van der Waals surface area contributed by atoms with E-state index < -0.39 is 0 Å². The summed E-state index contributed by atoms with van der Waals surface area (Å²) in [5.74, 6) is 1.32. The maximum absolute atomic E-state index is 12.1.